The summed E-state index contributed by atoms with van der Waals surface area (Å²) in [6.45, 7) is 0.864. The average Bonchev–Trinajstić information content (AvgIpc) is 2.61. The number of benzene rings is 1. The highest BCUT2D eigenvalue weighted by Crippen LogP contribution is 2.07. The summed E-state index contributed by atoms with van der Waals surface area (Å²) in [5.74, 6) is 0.171. The van der Waals surface area contributed by atoms with Crippen molar-refractivity contribution < 1.29 is 14.3 Å². The van der Waals surface area contributed by atoms with Crippen molar-refractivity contribution in [3.05, 3.63) is 54.6 Å². The van der Waals surface area contributed by atoms with E-state index in [1.807, 2.05) is 18.2 Å². The van der Waals surface area contributed by atoms with E-state index in [-0.39, 0.29) is 24.1 Å². The number of nitrogens with zero attached hydrogens (tertiary/aromatic N) is 2. The van der Waals surface area contributed by atoms with E-state index < -0.39 is 0 Å². The molecule has 0 unspecified atom stereocenters. The van der Waals surface area contributed by atoms with E-state index in [0.29, 0.717) is 25.3 Å². The summed E-state index contributed by atoms with van der Waals surface area (Å²) in [5, 5.41) is 5.43. The number of aromatic nitrogens is 2. The first kappa shape index (κ1) is 16.4. The molecule has 0 spiro atoms. The van der Waals surface area contributed by atoms with E-state index in [4.69, 9.17) is 4.74 Å². The minimum absolute atomic E-state index is 0.0318. The minimum atomic E-state index is -0.281. The van der Waals surface area contributed by atoms with Crippen molar-refractivity contribution in [2.45, 2.75) is 6.42 Å². The van der Waals surface area contributed by atoms with Gasteiger partial charge >= 0.3 is 0 Å². The molecular formula is C16H18N4O3. The van der Waals surface area contributed by atoms with Crippen molar-refractivity contribution in [2.24, 2.45) is 0 Å². The summed E-state index contributed by atoms with van der Waals surface area (Å²) in [7, 11) is 0. The summed E-state index contributed by atoms with van der Waals surface area (Å²) in [5.41, 5.74) is 0.271. The van der Waals surface area contributed by atoms with Gasteiger partial charge in [0, 0.05) is 25.5 Å². The number of nitrogens with one attached hydrogen (secondary N) is 2. The average molecular weight is 314 g/mol. The van der Waals surface area contributed by atoms with Gasteiger partial charge in [0.15, 0.2) is 6.61 Å². The van der Waals surface area contributed by atoms with Gasteiger partial charge in [0.05, 0.1) is 6.20 Å². The van der Waals surface area contributed by atoms with Crippen LogP contribution in [-0.4, -0.2) is 41.5 Å². The Kier molecular flexibility index (Phi) is 6.52. The number of para-hydroxylation sites is 1. The first-order valence-electron chi connectivity index (χ1n) is 7.24. The molecule has 2 amide bonds. The van der Waals surface area contributed by atoms with Gasteiger partial charge in [-0.1, -0.05) is 18.2 Å². The van der Waals surface area contributed by atoms with Crippen molar-refractivity contribution in [2.75, 3.05) is 19.7 Å². The molecule has 7 heteroatoms. The fraction of sp³-hybridized carbons (Fsp3) is 0.250. The smallest absolute Gasteiger partial charge is 0.271 e. The number of ether oxygens (including phenoxy) is 1. The second kappa shape index (κ2) is 9.14. The Morgan fingerprint density at radius 1 is 1.04 bits per heavy atom. The van der Waals surface area contributed by atoms with Crippen molar-refractivity contribution in [3.63, 3.8) is 0 Å². The van der Waals surface area contributed by atoms with E-state index in [1.54, 1.807) is 12.1 Å². The Morgan fingerprint density at radius 2 is 1.83 bits per heavy atom. The van der Waals surface area contributed by atoms with Gasteiger partial charge in [-0.25, -0.2) is 4.98 Å². The normalized spacial score (nSPS) is 9.91. The van der Waals surface area contributed by atoms with Crippen molar-refractivity contribution in [3.8, 4) is 5.75 Å². The zero-order valence-electron chi connectivity index (χ0n) is 12.6. The molecule has 7 nitrogen and oxygen atoms in total. The first-order valence-corrected chi connectivity index (χ1v) is 7.24. The Hall–Kier alpha value is -2.96. The summed E-state index contributed by atoms with van der Waals surface area (Å²) < 4.78 is 5.32. The van der Waals surface area contributed by atoms with Gasteiger partial charge in [-0.3, -0.25) is 14.6 Å². The summed E-state index contributed by atoms with van der Waals surface area (Å²) in [6.07, 6.45) is 4.98. The molecule has 0 bridgehead atoms. The lowest BCUT2D eigenvalue weighted by molar-refractivity contribution is -0.123. The van der Waals surface area contributed by atoms with Crippen LogP contribution in [0.5, 0.6) is 5.75 Å². The van der Waals surface area contributed by atoms with Gasteiger partial charge in [0.2, 0.25) is 0 Å². The van der Waals surface area contributed by atoms with Crippen molar-refractivity contribution in [1.29, 1.82) is 0 Å². The maximum absolute atomic E-state index is 11.7. The highest BCUT2D eigenvalue weighted by atomic mass is 16.5. The van der Waals surface area contributed by atoms with E-state index >= 15 is 0 Å². The number of rotatable bonds is 8. The van der Waals surface area contributed by atoms with E-state index in [9.17, 15) is 9.59 Å². The lowest BCUT2D eigenvalue weighted by atomic mass is 10.3. The monoisotopic (exact) mass is 314 g/mol. The Labute approximate surface area is 134 Å². The molecule has 1 heterocycles. The number of carbonyl (C=O) groups excluding carboxylic acids is 2. The number of hydrogen-bond donors (Lipinski definition) is 2. The van der Waals surface area contributed by atoms with Crippen LogP contribution in [0.1, 0.15) is 16.9 Å². The molecule has 0 aliphatic heterocycles. The molecule has 1 aromatic carbocycles. The van der Waals surface area contributed by atoms with Gasteiger partial charge in [-0.15, -0.1) is 0 Å². The van der Waals surface area contributed by atoms with Crippen molar-refractivity contribution in [1.82, 2.24) is 20.6 Å². The Balaban J connectivity index is 1.55. The number of amides is 2. The molecule has 0 saturated carbocycles. The van der Waals surface area contributed by atoms with Gasteiger partial charge in [0.1, 0.15) is 11.4 Å². The highest BCUT2D eigenvalue weighted by Gasteiger charge is 2.06. The lowest BCUT2D eigenvalue weighted by Gasteiger charge is -2.08. The van der Waals surface area contributed by atoms with E-state index in [1.165, 1.54) is 18.6 Å². The molecule has 23 heavy (non-hydrogen) atoms. The molecule has 2 aromatic rings. The van der Waals surface area contributed by atoms with E-state index in [0.717, 1.165) is 0 Å². The minimum Gasteiger partial charge on any atom is -0.484 e. The molecule has 0 aliphatic rings. The predicted octanol–water partition coefficient (Wildman–Crippen LogP) is 0.792. The maximum Gasteiger partial charge on any atom is 0.271 e. The van der Waals surface area contributed by atoms with Gasteiger partial charge in [-0.05, 0) is 18.6 Å². The fourth-order valence-corrected chi connectivity index (χ4v) is 1.74. The van der Waals surface area contributed by atoms with Crippen LogP contribution in [0.15, 0.2) is 48.9 Å². The molecular weight excluding hydrogens is 296 g/mol. The van der Waals surface area contributed by atoms with Gasteiger partial charge in [0.25, 0.3) is 11.8 Å². The van der Waals surface area contributed by atoms with Crippen LogP contribution in [0, 0.1) is 0 Å². The van der Waals surface area contributed by atoms with Crippen LogP contribution in [0.25, 0.3) is 0 Å². The van der Waals surface area contributed by atoms with Crippen LogP contribution in [-0.2, 0) is 4.79 Å². The quantitative estimate of drug-likeness (QED) is 0.703. The number of carbonyl (C=O) groups is 2. The molecule has 2 rings (SSSR count). The zero-order valence-corrected chi connectivity index (χ0v) is 12.6. The summed E-state index contributed by atoms with van der Waals surface area (Å²) in [6, 6.07) is 9.13. The Morgan fingerprint density at radius 3 is 2.57 bits per heavy atom. The van der Waals surface area contributed by atoms with E-state index in [2.05, 4.69) is 20.6 Å². The third-order valence-electron chi connectivity index (χ3n) is 2.87. The molecule has 0 radical (unpaired) electrons. The molecule has 0 fully saturated rings. The Bertz CT molecular complexity index is 620. The predicted molar refractivity (Wildman–Crippen MR) is 83.9 cm³/mol. The van der Waals surface area contributed by atoms with Crippen LogP contribution < -0.4 is 15.4 Å². The topological polar surface area (TPSA) is 93.2 Å². The van der Waals surface area contributed by atoms with Crippen LogP contribution in [0.3, 0.4) is 0 Å². The largest absolute Gasteiger partial charge is 0.484 e. The second-order valence-electron chi connectivity index (χ2n) is 4.65. The van der Waals surface area contributed by atoms with Gasteiger partial charge < -0.3 is 15.4 Å². The summed E-state index contributed by atoms with van der Waals surface area (Å²) in [4.78, 5) is 31.0. The van der Waals surface area contributed by atoms with Crippen LogP contribution in [0.4, 0.5) is 0 Å². The lowest BCUT2D eigenvalue weighted by Crippen LogP contribution is -2.32. The molecule has 120 valence electrons. The van der Waals surface area contributed by atoms with Crippen LogP contribution >= 0.6 is 0 Å². The molecule has 0 atom stereocenters. The molecule has 0 aliphatic carbocycles. The first-order chi connectivity index (χ1) is 11.3. The number of hydrogen-bond acceptors (Lipinski definition) is 5. The summed E-state index contributed by atoms with van der Waals surface area (Å²) >= 11 is 0. The second-order valence-corrected chi connectivity index (χ2v) is 4.65. The highest BCUT2D eigenvalue weighted by molar-refractivity contribution is 5.91. The zero-order chi connectivity index (χ0) is 16.3. The van der Waals surface area contributed by atoms with Gasteiger partial charge in [-0.2, -0.15) is 0 Å². The maximum atomic E-state index is 11.7. The molecule has 2 N–H and O–H groups in total. The SMILES string of the molecule is O=C(COc1ccccc1)NCCCNC(=O)c1cnccn1. The van der Waals surface area contributed by atoms with Crippen molar-refractivity contribution >= 4 is 11.8 Å². The van der Waals surface area contributed by atoms with Crippen LogP contribution in [0.2, 0.25) is 0 Å². The molecule has 0 saturated heterocycles. The third-order valence-corrected chi connectivity index (χ3v) is 2.87. The standard InChI is InChI=1S/C16H18N4O3/c21-15(12-23-13-5-2-1-3-6-13)19-7-4-8-20-16(22)14-11-17-9-10-18-14/h1-3,5-6,9-11H,4,7-8,12H2,(H,19,21)(H,20,22). The molecule has 1 aromatic heterocycles. The fourth-order valence-electron chi connectivity index (χ4n) is 1.74. The third kappa shape index (κ3) is 6.13.